The number of rotatable bonds is 8. The number of carbonyl (C=O) groups is 3. The van der Waals surface area contributed by atoms with E-state index in [1.165, 1.54) is 6.92 Å². The van der Waals surface area contributed by atoms with Gasteiger partial charge in [0.15, 0.2) is 0 Å². The third-order valence-electron chi connectivity index (χ3n) is 3.98. The maximum atomic E-state index is 12.1. The van der Waals surface area contributed by atoms with Crippen molar-refractivity contribution in [1.29, 1.82) is 0 Å². The number of benzene rings is 1. The highest BCUT2D eigenvalue weighted by atomic mass is 16.6. The lowest BCUT2D eigenvalue weighted by molar-refractivity contribution is -0.129. The third-order valence-corrected chi connectivity index (χ3v) is 3.98. The van der Waals surface area contributed by atoms with Crippen LogP contribution in [0.3, 0.4) is 0 Å². The summed E-state index contributed by atoms with van der Waals surface area (Å²) in [4.78, 5) is 35.9. The standard InChI is InChI=1S/C18H25N3O5/c1-11(15-10-25-15)19-16(22)12(2)20-17(23)13(3)21-18(24)26-9-14-7-5-4-6-8-14/h4-8,11-13,15H,9-10H2,1-3H3,(H,19,22)(H,20,23)(H,21,24)/t11-,12-,13-,15+/m0/s1. The van der Waals surface area contributed by atoms with Crippen LogP contribution >= 0.6 is 0 Å². The zero-order valence-electron chi connectivity index (χ0n) is 15.2. The van der Waals surface area contributed by atoms with Gasteiger partial charge in [-0.25, -0.2) is 4.79 Å². The Labute approximate surface area is 152 Å². The molecule has 0 spiro atoms. The maximum absolute atomic E-state index is 12.1. The number of amides is 3. The fourth-order valence-corrected chi connectivity index (χ4v) is 2.20. The summed E-state index contributed by atoms with van der Waals surface area (Å²) in [5.74, 6) is -0.778. The van der Waals surface area contributed by atoms with E-state index in [1.54, 1.807) is 6.92 Å². The molecular formula is C18H25N3O5. The summed E-state index contributed by atoms with van der Waals surface area (Å²) >= 11 is 0. The van der Waals surface area contributed by atoms with Crippen molar-refractivity contribution < 1.29 is 23.9 Å². The van der Waals surface area contributed by atoms with E-state index in [1.807, 2.05) is 37.3 Å². The number of hydrogen-bond acceptors (Lipinski definition) is 5. The Morgan fingerprint density at radius 3 is 2.23 bits per heavy atom. The van der Waals surface area contributed by atoms with Crippen LogP contribution in [0.25, 0.3) is 0 Å². The van der Waals surface area contributed by atoms with Crippen molar-refractivity contribution in [2.45, 2.75) is 51.6 Å². The zero-order chi connectivity index (χ0) is 19.1. The van der Waals surface area contributed by atoms with Crippen LogP contribution < -0.4 is 16.0 Å². The lowest BCUT2D eigenvalue weighted by Gasteiger charge is -2.20. The van der Waals surface area contributed by atoms with Gasteiger partial charge in [-0.05, 0) is 26.3 Å². The van der Waals surface area contributed by atoms with Crippen molar-refractivity contribution in [3.8, 4) is 0 Å². The van der Waals surface area contributed by atoms with Crippen molar-refractivity contribution >= 4 is 17.9 Å². The van der Waals surface area contributed by atoms with E-state index in [9.17, 15) is 14.4 Å². The summed E-state index contributed by atoms with van der Waals surface area (Å²) in [6.07, 6.45) is -0.657. The van der Waals surface area contributed by atoms with E-state index in [-0.39, 0.29) is 24.7 Å². The molecule has 1 aromatic rings. The normalized spacial score (nSPS) is 18.8. The fourth-order valence-electron chi connectivity index (χ4n) is 2.20. The molecule has 1 saturated heterocycles. The van der Waals surface area contributed by atoms with Gasteiger partial charge in [0.2, 0.25) is 11.8 Å². The molecule has 8 nitrogen and oxygen atoms in total. The summed E-state index contributed by atoms with van der Waals surface area (Å²) in [5, 5.41) is 7.77. The predicted molar refractivity (Wildman–Crippen MR) is 94.2 cm³/mol. The van der Waals surface area contributed by atoms with Crippen molar-refractivity contribution in [1.82, 2.24) is 16.0 Å². The molecule has 1 heterocycles. The van der Waals surface area contributed by atoms with Crippen molar-refractivity contribution in [3.63, 3.8) is 0 Å². The molecule has 3 amide bonds. The van der Waals surface area contributed by atoms with Crippen LogP contribution in [-0.2, 0) is 25.7 Å². The SMILES string of the molecule is C[C@H](NC(=O)OCc1ccccc1)C(=O)N[C@@H](C)C(=O)N[C@@H](C)[C@H]1CO1. The Hall–Kier alpha value is -2.61. The van der Waals surface area contributed by atoms with E-state index >= 15 is 0 Å². The monoisotopic (exact) mass is 363 g/mol. The van der Waals surface area contributed by atoms with Crippen LogP contribution in [-0.4, -0.2) is 48.7 Å². The molecule has 0 aliphatic carbocycles. The highest BCUT2D eigenvalue weighted by Gasteiger charge is 2.31. The van der Waals surface area contributed by atoms with Gasteiger partial charge in [-0.3, -0.25) is 9.59 Å². The second-order valence-electron chi connectivity index (χ2n) is 6.33. The van der Waals surface area contributed by atoms with Crippen molar-refractivity contribution in [3.05, 3.63) is 35.9 Å². The molecule has 0 radical (unpaired) electrons. The van der Waals surface area contributed by atoms with E-state index in [0.717, 1.165) is 5.56 Å². The summed E-state index contributed by atoms with van der Waals surface area (Å²) in [6, 6.07) is 7.54. The summed E-state index contributed by atoms with van der Waals surface area (Å²) in [7, 11) is 0. The predicted octanol–water partition coefficient (Wildman–Crippen LogP) is 0.710. The molecular weight excluding hydrogens is 338 g/mol. The van der Waals surface area contributed by atoms with Crippen LogP contribution in [0.2, 0.25) is 0 Å². The van der Waals surface area contributed by atoms with E-state index in [0.29, 0.717) is 6.61 Å². The van der Waals surface area contributed by atoms with E-state index < -0.39 is 24.1 Å². The number of alkyl carbamates (subject to hydrolysis) is 1. The Balaban J connectivity index is 1.70. The number of carbonyl (C=O) groups excluding carboxylic acids is 3. The average Bonchev–Trinajstić information content (AvgIpc) is 3.45. The van der Waals surface area contributed by atoms with Gasteiger partial charge in [-0.2, -0.15) is 0 Å². The second-order valence-corrected chi connectivity index (χ2v) is 6.33. The minimum absolute atomic E-state index is 0.0434. The quantitative estimate of drug-likeness (QED) is 0.590. The van der Waals surface area contributed by atoms with Crippen LogP contribution in [0.15, 0.2) is 30.3 Å². The first kappa shape index (κ1) is 19.7. The molecule has 1 fully saturated rings. The maximum Gasteiger partial charge on any atom is 0.408 e. The Kier molecular flexibility index (Phi) is 6.97. The lowest BCUT2D eigenvalue weighted by atomic mass is 10.2. The summed E-state index contributed by atoms with van der Waals surface area (Å²) < 4.78 is 10.2. The van der Waals surface area contributed by atoms with E-state index in [2.05, 4.69) is 16.0 Å². The highest BCUT2D eigenvalue weighted by molar-refractivity contribution is 5.90. The molecule has 142 valence electrons. The smallest absolute Gasteiger partial charge is 0.408 e. The number of epoxide rings is 1. The van der Waals surface area contributed by atoms with Gasteiger partial charge in [0, 0.05) is 0 Å². The molecule has 0 unspecified atom stereocenters. The molecule has 8 heteroatoms. The Morgan fingerprint density at radius 2 is 1.62 bits per heavy atom. The topological polar surface area (TPSA) is 109 Å². The van der Waals surface area contributed by atoms with Crippen LogP contribution in [0.1, 0.15) is 26.3 Å². The zero-order valence-corrected chi connectivity index (χ0v) is 15.2. The van der Waals surface area contributed by atoms with Gasteiger partial charge >= 0.3 is 6.09 Å². The highest BCUT2D eigenvalue weighted by Crippen LogP contribution is 2.13. The molecule has 1 aromatic carbocycles. The first-order chi connectivity index (χ1) is 12.4. The first-order valence-electron chi connectivity index (χ1n) is 8.56. The largest absolute Gasteiger partial charge is 0.445 e. The van der Waals surface area contributed by atoms with Crippen LogP contribution in [0, 0.1) is 0 Å². The Morgan fingerprint density at radius 1 is 1.04 bits per heavy atom. The van der Waals surface area contributed by atoms with Gasteiger partial charge in [-0.15, -0.1) is 0 Å². The van der Waals surface area contributed by atoms with Gasteiger partial charge < -0.3 is 25.4 Å². The average molecular weight is 363 g/mol. The van der Waals surface area contributed by atoms with Crippen molar-refractivity contribution in [2.75, 3.05) is 6.61 Å². The van der Waals surface area contributed by atoms with Gasteiger partial charge in [-0.1, -0.05) is 30.3 Å². The Bertz CT molecular complexity index is 633. The van der Waals surface area contributed by atoms with Gasteiger partial charge in [0.1, 0.15) is 24.8 Å². The second kappa shape index (κ2) is 9.19. The molecule has 4 atom stereocenters. The molecule has 2 rings (SSSR count). The summed E-state index contributed by atoms with van der Waals surface area (Å²) in [5.41, 5.74) is 0.846. The van der Waals surface area contributed by atoms with Gasteiger partial charge in [0.05, 0.1) is 12.6 Å². The first-order valence-corrected chi connectivity index (χ1v) is 8.56. The summed E-state index contributed by atoms with van der Waals surface area (Å²) in [6.45, 7) is 5.69. The molecule has 1 aliphatic rings. The third kappa shape index (κ3) is 6.36. The lowest BCUT2D eigenvalue weighted by Crippen LogP contribution is -2.53. The molecule has 0 bridgehead atoms. The molecule has 3 N–H and O–H groups in total. The molecule has 1 aliphatic heterocycles. The van der Waals surface area contributed by atoms with Crippen LogP contribution in [0.5, 0.6) is 0 Å². The minimum Gasteiger partial charge on any atom is -0.445 e. The number of ether oxygens (including phenoxy) is 2. The molecule has 26 heavy (non-hydrogen) atoms. The fraction of sp³-hybridized carbons (Fsp3) is 0.500. The number of hydrogen-bond donors (Lipinski definition) is 3. The van der Waals surface area contributed by atoms with Crippen molar-refractivity contribution in [2.24, 2.45) is 0 Å². The molecule has 0 saturated carbocycles. The number of nitrogens with one attached hydrogen (secondary N) is 3. The molecule has 0 aromatic heterocycles. The van der Waals surface area contributed by atoms with E-state index in [4.69, 9.17) is 9.47 Å². The van der Waals surface area contributed by atoms with Gasteiger partial charge in [0.25, 0.3) is 0 Å². The van der Waals surface area contributed by atoms with Crippen LogP contribution in [0.4, 0.5) is 4.79 Å². The minimum atomic E-state index is -0.835.